The lowest BCUT2D eigenvalue weighted by molar-refractivity contribution is -0.137. The van der Waals surface area contributed by atoms with E-state index in [4.69, 9.17) is 5.73 Å². The zero-order valence-electron chi connectivity index (χ0n) is 27.4. The summed E-state index contributed by atoms with van der Waals surface area (Å²) in [7, 11) is 0. The lowest BCUT2D eigenvalue weighted by Crippen LogP contribution is -2.47. The number of nitrogens with two attached hydrogens (primary N) is 1. The summed E-state index contributed by atoms with van der Waals surface area (Å²) in [5, 5.41) is 3.09. The minimum atomic E-state index is -4.43. The molecule has 1 saturated carbocycles. The fourth-order valence-electron chi connectivity index (χ4n) is 7.17. The second-order valence-electron chi connectivity index (χ2n) is 13.2. The van der Waals surface area contributed by atoms with E-state index in [1.54, 1.807) is 4.90 Å². The van der Waals surface area contributed by atoms with Gasteiger partial charge in [0.1, 0.15) is 6.04 Å². The predicted molar refractivity (Wildman–Crippen MR) is 184 cm³/mol. The molecule has 6 nitrogen and oxygen atoms in total. The number of nitrogens with one attached hydrogen (secondary N) is 1. The number of halogens is 3. The molecule has 1 unspecified atom stereocenters. The van der Waals surface area contributed by atoms with Crippen molar-refractivity contribution < 1.29 is 27.6 Å². The van der Waals surface area contributed by atoms with Crippen LogP contribution in [0.3, 0.4) is 0 Å². The van der Waals surface area contributed by atoms with Gasteiger partial charge in [0.25, 0.3) is 5.91 Å². The molecule has 3 N–H and O–H groups in total. The van der Waals surface area contributed by atoms with Crippen LogP contribution in [0.2, 0.25) is 0 Å². The van der Waals surface area contributed by atoms with Crippen LogP contribution in [0.1, 0.15) is 68.2 Å². The average molecular weight is 668 g/mol. The molecule has 6 rings (SSSR count). The number of nitrogens with zero attached hydrogens (tertiary/aromatic N) is 1. The van der Waals surface area contributed by atoms with Crippen LogP contribution in [-0.4, -0.2) is 17.7 Å². The number of alkyl halides is 3. The maximum Gasteiger partial charge on any atom is 0.416 e. The Morgan fingerprint density at radius 2 is 1.57 bits per heavy atom. The first-order valence-corrected chi connectivity index (χ1v) is 16.9. The van der Waals surface area contributed by atoms with E-state index < -0.39 is 35.5 Å². The van der Waals surface area contributed by atoms with Gasteiger partial charge in [0, 0.05) is 17.4 Å². The summed E-state index contributed by atoms with van der Waals surface area (Å²) in [4.78, 5) is 43.3. The van der Waals surface area contributed by atoms with E-state index in [0.717, 1.165) is 48.1 Å². The van der Waals surface area contributed by atoms with E-state index in [1.165, 1.54) is 12.1 Å². The number of carbonyl (C=O) groups is 3. The van der Waals surface area contributed by atoms with Crippen LogP contribution in [0, 0.1) is 17.8 Å². The molecule has 49 heavy (non-hydrogen) atoms. The number of benzene rings is 4. The lowest BCUT2D eigenvalue weighted by atomic mass is 9.73. The van der Waals surface area contributed by atoms with Gasteiger partial charge >= 0.3 is 6.18 Å². The second-order valence-corrected chi connectivity index (χ2v) is 13.2. The summed E-state index contributed by atoms with van der Waals surface area (Å²) in [5.74, 6) is -2.14. The third-order valence-corrected chi connectivity index (χ3v) is 9.97. The topological polar surface area (TPSA) is 92.5 Å². The van der Waals surface area contributed by atoms with Gasteiger partial charge in [-0.25, -0.2) is 0 Å². The van der Waals surface area contributed by atoms with Crippen molar-refractivity contribution in [3.63, 3.8) is 0 Å². The largest absolute Gasteiger partial charge is 0.416 e. The predicted octanol–water partition coefficient (Wildman–Crippen LogP) is 8.45. The minimum absolute atomic E-state index is 0.149. The number of rotatable bonds is 11. The zero-order valence-corrected chi connectivity index (χ0v) is 27.4. The van der Waals surface area contributed by atoms with E-state index in [1.807, 2.05) is 79.7 Å². The summed E-state index contributed by atoms with van der Waals surface area (Å²) in [5.41, 5.74) is 10.2. The third kappa shape index (κ3) is 7.26. The molecular weight excluding hydrogens is 627 g/mol. The van der Waals surface area contributed by atoms with Crippen LogP contribution < -0.4 is 16.0 Å². The Bertz CT molecular complexity index is 1830. The molecule has 1 fully saturated rings. The molecule has 4 aromatic carbocycles. The molecule has 1 aliphatic heterocycles. The van der Waals surface area contributed by atoms with Crippen molar-refractivity contribution >= 4 is 23.4 Å². The van der Waals surface area contributed by atoms with Gasteiger partial charge < -0.3 is 16.0 Å². The van der Waals surface area contributed by atoms with Gasteiger partial charge in [-0.05, 0) is 70.8 Å². The molecule has 0 saturated heterocycles. The summed E-state index contributed by atoms with van der Waals surface area (Å²) in [6.07, 6.45) is 0.392. The number of anilines is 1. The molecule has 0 bridgehead atoms. The van der Waals surface area contributed by atoms with Gasteiger partial charge in [-0.3, -0.25) is 14.4 Å². The molecule has 3 amide bonds. The quantitative estimate of drug-likeness (QED) is 0.168. The van der Waals surface area contributed by atoms with Crippen LogP contribution in [0.4, 0.5) is 18.9 Å². The van der Waals surface area contributed by atoms with Gasteiger partial charge in [-0.2, -0.15) is 13.2 Å². The zero-order chi connectivity index (χ0) is 34.7. The minimum Gasteiger partial charge on any atom is -0.369 e. The Morgan fingerprint density at radius 1 is 0.878 bits per heavy atom. The molecule has 2 aliphatic rings. The highest BCUT2D eigenvalue weighted by molar-refractivity contribution is 6.06. The van der Waals surface area contributed by atoms with Gasteiger partial charge in [-0.1, -0.05) is 105 Å². The number of carbonyl (C=O) groups excluding carboxylic acids is 3. The molecule has 1 heterocycles. The Hall–Kier alpha value is -4.92. The van der Waals surface area contributed by atoms with Crippen LogP contribution in [0.25, 0.3) is 22.3 Å². The van der Waals surface area contributed by atoms with Crippen LogP contribution >= 0.6 is 0 Å². The highest BCUT2D eigenvalue weighted by atomic mass is 19.4. The molecule has 0 aromatic heterocycles. The van der Waals surface area contributed by atoms with E-state index in [-0.39, 0.29) is 18.4 Å². The number of hydrogen-bond donors (Lipinski definition) is 2. The first-order chi connectivity index (χ1) is 23.5. The number of amides is 3. The Balaban J connectivity index is 1.36. The number of primary amides is 1. The van der Waals surface area contributed by atoms with Crippen LogP contribution in [0.15, 0.2) is 97.1 Å². The van der Waals surface area contributed by atoms with Gasteiger partial charge in [0.05, 0.1) is 17.8 Å². The SMILES string of the molecule is CCC[C@H](C(N)=O)[C@@H](CC1CCC1)C(=O)NC1C(=O)N(Cc2cccc(-c3ccc(C(F)(F)F)cc3)c2)c2ccccc2-c2ccccc21. The lowest BCUT2D eigenvalue weighted by Gasteiger charge is -2.33. The standard InChI is InChI=1S/C40H40F3N3O3/c1-2-9-33(37(44)47)34(23-25-10-7-11-25)38(48)45-36-32-16-4-3-14-30(32)31-15-5-6-17-35(31)46(39(36)49)24-26-12-8-13-28(22-26)27-18-20-29(21-19-27)40(41,42)43/h3-6,8,12-22,25,33-34,36H,2,7,9-11,23-24H2,1H3,(H2,44,47)(H,45,48)/t33-,34+,36?/m0/s1. The smallest absolute Gasteiger partial charge is 0.369 e. The first-order valence-electron chi connectivity index (χ1n) is 16.9. The fraction of sp³-hybridized carbons (Fsp3) is 0.325. The molecule has 0 spiro atoms. The Kier molecular flexibility index (Phi) is 9.90. The monoisotopic (exact) mass is 667 g/mol. The number of para-hydroxylation sites is 1. The van der Waals surface area contributed by atoms with Gasteiger partial charge in [0.2, 0.25) is 11.8 Å². The second kappa shape index (κ2) is 14.3. The molecule has 3 atom stereocenters. The summed E-state index contributed by atoms with van der Waals surface area (Å²) in [6.45, 7) is 2.11. The molecule has 1 aliphatic carbocycles. The fourth-order valence-corrected chi connectivity index (χ4v) is 7.17. The highest BCUT2D eigenvalue weighted by Crippen LogP contribution is 2.42. The number of hydrogen-bond acceptors (Lipinski definition) is 3. The Labute approximate surface area is 284 Å². The van der Waals surface area contributed by atoms with Crippen molar-refractivity contribution in [3.8, 4) is 22.3 Å². The maximum atomic E-state index is 14.8. The molecule has 4 aromatic rings. The van der Waals surface area contributed by atoms with Crippen molar-refractivity contribution in [1.82, 2.24) is 5.32 Å². The number of fused-ring (bicyclic) bond motifs is 3. The normalized spacial score (nSPS) is 17.3. The van der Waals surface area contributed by atoms with E-state index in [9.17, 15) is 27.6 Å². The Morgan fingerprint density at radius 3 is 2.22 bits per heavy atom. The molecule has 254 valence electrons. The third-order valence-electron chi connectivity index (χ3n) is 9.97. The van der Waals surface area contributed by atoms with Crippen molar-refractivity contribution in [2.45, 2.75) is 64.2 Å². The summed E-state index contributed by atoms with van der Waals surface area (Å²) < 4.78 is 39.6. The van der Waals surface area contributed by atoms with Gasteiger partial charge in [0.15, 0.2) is 0 Å². The van der Waals surface area contributed by atoms with E-state index >= 15 is 0 Å². The molecule has 9 heteroatoms. The van der Waals surface area contributed by atoms with E-state index in [2.05, 4.69) is 5.32 Å². The maximum absolute atomic E-state index is 14.8. The summed E-state index contributed by atoms with van der Waals surface area (Å²) in [6, 6.07) is 26.4. The van der Waals surface area contributed by atoms with Crippen LogP contribution in [0.5, 0.6) is 0 Å². The highest BCUT2D eigenvalue weighted by Gasteiger charge is 2.40. The van der Waals surface area contributed by atoms with Crippen molar-refractivity contribution in [2.24, 2.45) is 23.5 Å². The first kappa shape index (κ1) is 34.0. The van der Waals surface area contributed by atoms with E-state index in [0.29, 0.717) is 47.6 Å². The average Bonchev–Trinajstić information content (AvgIpc) is 3.16. The van der Waals surface area contributed by atoms with Crippen molar-refractivity contribution in [1.29, 1.82) is 0 Å². The van der Waals surface area contributed by atoms with Crippen molar-refractivity contribution in [2.75, 3.05) is 4.90 Å². The van der Waals surface area contributed by atoms with Crippen LogP contribution in [-0.2, 0) is 27.1 Å². The van der Waals surface area contributed by atoms with Crippen molar-refractivity contribution in [3.05, 3.63) is 114 Å². The molecule has 0 radical (unpaired) electrons. The van der Waals surface area contributed by atoms with Gasteiger partial charge in [-0.15, -0.1) is 0 Å². The molecular formula is C40H40F3N3O3. The summed E-state index contributed by atoms with van der Waals surface area (Å²) >= 11 is 0.